The smallest absolute Gasteiger partial charge is 0.229 e. The first kappa shape index (κ1) is 16.1. The van der Waals surface area contributed by atoms with Crippen LogP contribution in [0.15, 0.2) is 42.5 Å². The molecule has 1 N–H and O–H groups in total. The number of aryl methyl sites for hydroxylation is 1. The summed E-state index contributed by atoms with van der Waals surface area (Å²) in [6.07, 6.45) is 0.0581. The van der Waals surface area contributed by atoms with Crippen molar-refractivity contribution in [1.82, 2.24) is 0 Å². The Balaban J connectivity index is 1.70. The van der Waals surface area contributed by atoms with Gasteiger partial charge in [0.1, 0.15) is 11.6 Å². The fraction of sp³-hybridized carbons (Fsp3) is 0.222. The minimum atomic E-state index is -0.535. The van der Waals surface area contributed by atoms with Gasteiger partial charge in [-0.2, -0.15) is 0 Å². The highest BCUT2D eigenvalue weighted by Crippen LogP contribution is 2.27. The normalized spacial score (nSPS) is 17.2. The fourth-order valence-electron chi connectivity index (χ4n) is 2.66. The molecule has 1 fully saturated rings. The number of rotatable bonds is 3. The van der Waals surface area contributed by atoms with Crippen LogP contribution < -0.4 is 10.2 Å². The first-order chi connectivity index (χ1) is 11.4. The third kappa shape index (κ3) is 3.27. The number of carbonyl (C=O) groups is 2. The Morgan fingerprint density at radius 2 is 1.88 bits per heavy atom. The molecule has 0 radical (unpaired) electrons. The quantitative estimate of drug-likeness (QED) is 0.939. The van der Waals surface area contributed by atoms with E-state index >= 15 is 0 Å². The third-order valence-electron chi connectivity index (χ3n) is 4.07. The molecule has 2 aromatic carbocycles. The third-order valence-corrected chi connectivity index (χ3v) is 4.07. The van der Waals surface area contributed by atoms with Crippen LogP contribution in [0.25, 0.3) is 0 Å². The average Bonchev–Trinajstić information content (AvgIpc) is 2.94. The minimum absolute atomic E-state index is 0.0581. The van der Waals surface area contributed by atoms with Crippen LogP contribution >= 0.6 is 0 Å². The molecule has 2 aromatic rings. The molecule has 0 spiro atoms. The van der Waals surface area contributed by atoms with E-state index in [2.05, 4.69) is 5.32 Å². The molecule has 24 heavy (non-hydrogen) atoms. The van der Waals surface area contributed by atoms with Gasteiger partial charge in [-0.15, -0.1) is 0 Å². The number of carbonyl (C=O) groups excluding carboxylic acids is 2. The Morgan fingerprint density at radius 1 is 1.17 bits per heavy atom. The Morgan fingerprint density at radius 3 is 2.54 bits per heavy atom. The predicted octanol–water partition coefficient (Wildman–Crippen LogP) is 3.26. The zero-order valence-corrected chi connectivity index (χ0v) is 13.1. The van der Waals surface area contributed by atoms with E-state index in [1.54, 1.807) is 19.1 Å². The first-order valence-corrected chi connectivity index (χ1v) is 7.57. The molecular weight excluding hydrogens is 314 g/mol. The molecule has 4 nitrogen and oxygen atoms in total. The van der Waals surface area contributed by atoms with Gasteiger partial charge < -0.3 is 10.2 Å². The molecular formula is C18H16F2N2O2. The average molecular weight is 330 g/mol. The summed E-state index contributed by atoms with van der Waals surface area (Å²) in [7, 11) is 0. The number of amides is 2. The molecule has 3 rings (SSSR count). The summed E-state index contributed by atoms with van der Waals surface area (Å²) in [6, 6.07) is 9.97. The van der Waals surface area contributed by atoms with Crippen LogP contribution in [-0.4, -0.2) is 18.4 Å². The molecule has 0 aromatic heterocycles. The van der Waals surface area contributed by atoms with Crippen LogP contribution in [-0.2, 0) is 9.59 Å². The van der Waals surface area contributed by atoms with Gasteiger partial charge >= 0.3 is 0 Å². The van der Waals surface area contributed by atoms with Crippen molar-refractivity contribution in [3.63, 3.8) is 0 Å². The molecule has 1 aliphatic rings. The molecule has 1 aliphatic heterocycles. The van der Waals surface area contributed by atoms with Gasteiger partial charge in [-0.1, -0.05) is 6.07 Å². The maximum Gasteiger partial charge on any atom is 0.229 e. The number of halogens is 2. The lowest BCUT2D eigenvalue weighted by Gasteiger charge is -2.17. The van der Waals surface area contributed by atoms with E-state index in [1.807, 2.05) is 0 Å². The Hall–Kier alpha value is -2.76. The van der Waals surface area contributed by atoms with Gasteiger partial charge in [0.05, 0.1) is 5.92 Å². The molecule has 0 unspecified atom stereocenters. The van der Waals surface area contributed by atoms with E-state index in [9.17, 15) is 18.4 Å². The molecule has 1 heterocycles. The molecule has 0 aliphatic carbocycles. The molecule has 124 valence electrons. The number of nitrogens with one attached hydrogen (secondary N) is 1. The van der Waals surface area contributed by atoms with Crippen LogP contribution in [0.4, 0.5) is 20.2 Å². The Labute approximate surface area is 138 Å². The second kappa shape index (κ2) is 6.39. The van der Waals surface area contributed by atoms with Gasteiger partial charge in [-0.3, -0.25) is 9.59 Å². The van der Waals surface area contributed by atoms with E-state index in [0.29, 0.717) is 16.9 Å². The Bertz CT molecular complexity index is 790. The van der Waals surface area contributed by atoms with Crippen molar-refractivity contribution >= 4 is 23.2 Å². The topological polar surface area (TPSA) is 49.4 Å². The summed E-state index contributed by atoms with van der Waals surface area (Å²) < 4.78 is 26.6. The zero-order chi connectivity index (χ0) is 17.3. The summed E-state index contributed by atoms with van der Waals surface area (Å²) in [5.41, 5.74) is 1.41. The van der Waals surface area contributed by atoms with Crippen molar-refractivity contribution in [2.45, 2.75) is 13.3 Å². The highest BCUT2D eigenvalue weighted by molar-refractivity contribution is 6.03. The van der Waals surface area contributed by atoms with E-state index in [0.717, 1.165) is 0 Å². The largest absolute Gasteiger partial charge is 0.326 e. The van der Waals surface area contributed by atoms with Crippen LogP contribution in [0.1, 0.15) is 12.0 Å². The van der Waals surface area contributed by atoms with Crippen molar-refractivity contribution in [3.8, 4) is 0 Å². The number of hydrogen-bond acceptors (Lipinski definition) is 2. The highest BCUT2D eigenvalue weighted by Gasteiger charge is 2.35. The summed E-state index contributed by atoms with van der Waals surface area (Å²) in [5, 5.41) is 2.67. The van der Waals surface area contributed by atoms with Crippen molar-refractivity contribution in [2.24, 2.45) is 5.92 Å². The van der Waals surface area contributed by atoms with Crippen LogP contribution in [0.3, 0.4) is 0 Å². The molecule has 2 amide bonds. The predicted molar refractivity (Wildman–Crippen MR) is 86.6 cm³/mol. The number of benzene rings is 2. The van der Waals surface area contributed by atoms with Gasteiger partial charge in [-0.05, 0) is 48.9 Å². The number of anilines is 2. The lowest BCUT2D eigenvalue weighted by Crippen LogP contribution is -2.28. The lowest BCUT2D eigenvalue weighted by molar-refractivity contribution is -0.122. The minimum Gasteiger partial charge on any atom is -0.326 e. The van der Waals surface area contributed by atoms with Crippen molar-refractivity contribution in [2.75, 3.05) is 16.8 Å². The van der Waals surface area contributed by atoms with E-state index in [1.165, 1.54) is 35.2 Å². The van der Waals surface area contributed by atoms with Gasteiger partial charge in [0.2, 0.25) is 11.8 Å². The molecule has 6 heteroatoms. The summed E-state index contributed by atoms with van der Waals surface area (Å²) in [4.78, 5) is 25.9. The van der Waals surface area contributed by atoms with E-state index < -0.39 is 11.7 Å². The number of hydrogen-bond donors (Lipinski definition) is 1. The molecule has 0 bridgehead atoms. The monoisotopic (exact) mass is 330 g/mol. The molecule has 0 saturated carbocycles. The summed E-state index contributed by atoms with van der Waals surface area (Å²) >= 11 is 0. The van der Waals surface area contributed by atoms with Crippen molar-refractivity contribution in [1.29, 1.82) is 0 Å². The Kier molecular flexibility index (Phi) is 4.29. The number of nitrogens with zero attached hydrogens (tertiary/aromatic N) is 1. The van der Waals surface area contributed by atoms with E-state index in [4.69, 9.17) is 0 Å². The van der Waals surface area contributed by atoms with E-state index in [-0.39, 0.29) is 30.6 Å². The van der Waals surface area contributed by atoms with Crippen LogP contribution in [0, 0.1) is 24.5 Å². The molecule has 1 atom stereocenters. The molecule has 1 saturated heterocycles. The SMILES string of the molecule is Cc1ccc(N2C[C@H](C(=O)Nc3ccc(F)cc3)CC2=O)cc1F. The highest BCUT2D eigenvalue weighted by atomic mass is 19.1. The fourth-order valence-corrected chi connectivity index (χ4v) is 2.66. The van der Waals surface area contributed by atoms with Gasteiger partial charge in [0.25, 0.3) is 0 Å². The van der Waals surface area contributed by atoms with Crippen LogP contribution in [0.2, 0.25) is 0 Å². The maximum atomic E-state index is 13.7. The van der Waals surface area contributed by atoms with Gasteiger partial charge in [-0.25, -0.2) is 8.78 Å². The standard InChI is InChI=1S/C18H16F2N2O2/c1-11-2-7-15(9-16(11)20)22-10-12(8-17(22)23)18(24)21-14-5-3-13(19)4-6-14/h2-7,9,12H,8,10H2,1H3,(H,21,24)/t12-/m1/s1. The second-order valence-corrected chi connectivity index (χ2v) is 5.84. The van der Waals surface area contributed by atoms with Crippen molar-refractivity contribution in [3.05, 3.63) is 59.7 Å². The van der Waals surface area contributed by atoms with Gasteiger partial charge in [0.15, 0.2) is 0 Å². The summed E-state index contributed by atoms with van der Waals surface area (Å²) in [5.74, 6) is -1.86. The first-order valence-electron chi connectivity index (χ1n) is 7.57. The second-order valence-electron chi connectivity index (χ2n) is 5.84. The van der Waals surface area contributed by atoms with Gasteiger partial charge in [0, 0.05) is 24.3 Å². The summed E-state index contributed by atoms with van der Waals surface area (Å²) in [6.45, 7) is 1.83. The van der Waals surface area contributed by atoms with Crippen LogP contribution in [0.5, 0.6) is 0 Å². The zero-order valence-electron chi connectivity index (χ0n) is 13.1. The lowest BCUT2D eigenvalue weighted by atomic mass is 10.1. The van der Waals surface area contributed by atoms with Crippen molar-refractivity contribution < 1.29 is 18.4 Å². The maximum absolute atomic E-state index is 13.7.